The maximum Gasteiger partial charge on any atom is 0.407 e. The minimum atomic E-state index is -0.894. The van der Waals surface area contributed by atoms with Gasteiger partial charge >= 0.3 is 6.09 Å². The molecule has 2 N–H and O–H groups in total. The summed E-state index contributed by atoms with van der Waals surface area (Å²) in [6, 6.07) is 8.78. The smallest absolute Gasteiger partial charge is 0.407 e. The summed E-state index contributed by atoms with van der Waals surface area (Å²) in [5.41, 5.74) is 2.61. The summed E-state index contributed by atoms with van der Waals surface area (Å²) in [4.78, 5) is 16.8. The molecule has 4 rings (SSSR count). The SMILES string of the molecule is O=C(O)N1CCC(n2nc(-c3ccc(O)cc3)c3cnccc32)C1. The number of likely N-dealkylation sites (tertiary alicyclic amines) is 1. The normalized spacial score (nSPS) is 17.5. The van der Waals surface area contributed by atoms with Crippen molar-refractivity contribution in [3.05, 3.63) is 42.7 Å². The van der Waals surface area contributed by atoms with Crippen LogP contribution in [-0.4, -0.2) is 49.1 Å². The lowest BCUT2D eigenvalue weighted by Gasteiger charge is -2.13. The molecule has 1 atom stereocenters. The molecule has 0 bridgehead atoms. The van der Waals surface area contributed by atoms with Crippen LogP contribution in [0.25, 0.3) is 22.2 Å². The Morgan fingerprint density at radius 3 is 2.71 bits per heavy atom. The van der Waals surface area contributed by atoms with Gasteiger partial charge in [0.25, 0.3) is 0 Å². The molecule has 0 aliphatic carbocycles. The zero-order valence-corrected chi connectivity index (χ0v) is 12.8. The Kier molecular flexibility index (Phi) is 3.34. The van der Waals surface area contributed by atoms with Crippen LogP contribution in [0.5, 0.6) is 5.75 Å². The summed E-state index contributed by atoms with van der Waals surface area (Å²) in [5, 5.41) is 24.3. The van der Waals surface area contributed by atoms with Crippen molar-refractivity contribution in [3.8, 4) is 17.0 Å². The Bertz CT molecular complexity index is 904. The molecule has 122 valence electrons. The Labute approximate surface area is 137 Å². The molecule has 0 spiro atoms. The van der Waals surface area contributed by atoms with Crippen LogP contribution >= 0.6 is 0 Å². The van der Waals surface area contributed by atoms with Crippen LogP contribution in [0.15, 0.2) is 42.7 Å². The fraction of sp³-hybridized carbons (Fsp3) is 0.235. The lowest BCUT2D eigenvalue weighted by molar-refractivity contribution is 0.154. The van der Waals surface area contributed by atoms with Gasteiger partial charge in [0.05, 0.1) is 11.6 Å². The third kappa shape index (κ3) is 2.34. The number of hydrogen-bond donors (Lipinski definition) is 2. The number of hydrogen-bond acceptors (Lipinski definition) is 4. The second kappa shape index (κ2) is 5.52. The van der Waals surface area contributed by atoms with E-state index in [1.165, 1.54) is 4.90 Å². The Balaban J connectivity index is 1.80. The molecule has 1 unspecified atom stereocenters. The van der Waals surface area contributed by atoms with Crippen LogP contribution in [0, 0.1) is 0 Å². The summed E-state index contributed by atoms with van der Waals surface area (Å²) in [7, 11) is 0. The van der Waals surface area contributed by atoms with E-state index < -0.39 is 6.09 Å². The molecule has 1 aliphatic rings. The molecule has 3 aromatic rings. The number of phenolic OH excluding ortho intramolecular Hbond substituents is 1. The summed E-state index contributed by atoms with van der Waals surface area (Å²) in [6.45, 7) is 0.949. The number of amides is 1. The number of carbonyl (C=O) groups is 1. The third-order valence-corrected chi connectivity index (χ3v) is 4.43. The number of aromatic nitrogens is 3. The molecule has 1 aromatic carbocycles. The van der Waals surface area contributed by atoms with E-state index in [0.717, 1.165) is 28.6 Å². The molecule has 3 heterocycles. The standard InChI is InChI=1S/C17H16N4O3/c22-13-3-1-11(2-4-13)16-14-9-18-7-5-15(14)21(19-16)12-6-8-20(10-12)17(23)24/h1-5,7,9,12,22H,6,8,10H2,(H,23,24). The molecule has 7 heteroatoms. The van der Waals surface area contributed by atoms with E-state index >= 15 is 0 Å². The van der Waals surface area contributed by atoms with Gasteiger partial charge in [-0.3, -0.25) is 9.67 Å². The van der Waals surface area contributed by atoms with Gasteiger partial charge < -0.3 is 15.1 Å². The van der Waals surface area contributed by atoms with Crippen molar-refractivity contribution in [1.29, 1.82) is 0 Å². The van der Waals surface area contributed by atoms with Gasteiger partial charge in [0.2, 0.25) is 0 Å². The molecule has 1 saturated heterocycles. The first kappa shape index (κ1) is 14.5. The second-order valence-corrected chi connectivity index (χ2v) is 5.90. The molecule has 2 aromatic heterocycles. The minimum absolute atomic E-state index is 0.0110. The summed E-state index contributed by atoms with van der Waals surface area (Å²) in [5.74, 6) is 0.202. The number of phenols is 1. The van der Waals surface area contributed by atoms with Crippen molar-refractivity contribution in [3.63, 3.8) is 0 Å². The van der Waals surface area contributed by atoms with Gasteiger partial charge in [-0.25, -0.2) is 4.79 Å². The van der Waals surface area contributed by atoms with E-state index in [0.29, 0.717) is 13.1 Å². The monoisotopic (exact) mass is 324 g/mol. The van der Waals surface area contributed by atoms with Crippen molar-refractivity contribution in [2.45, 2.75) is 12.5 Å². The molecule has 0 radical (unpaired) electrons. The third-order valence-electron chi connectivity index (χ3n) is 4.43. The Morgan fingerprint density at radius 1 is 1.21 bits per heavy atom. The van der Waals surface area contributed by atoms with Crippen LogP contribution in [-0.2, 0) is 0 Å². The molecular weight excluding hydrogens is 308 g/mol. The molecule has 7 nitrogen and oxygen atoms in total. The fourth-order valence-electron chi connectivity index (χ4n) is 3.21. The van der Waals surface area contributed by atoms with E-state index in [-0.39, 0.29) is 11.8 Å². The van der Waals surface area contributed by atoms with E-state index in [1.54, 1.807) is 24.5 Å². The number of rotatable bonds is 2. The van der Waals surface area contributed by atoms with E-state index in [2.05, 4.69) is 4.98 Å². The average Bonchev–Trinajstić information content (AvgIpc) is 3.20. The average molecular weight is 324 g/mol. The molecule has 1 amide bonds. The molecule has 0 saturated carbocycles. The van der Waals surface area contributed by atoms with Gasteiger partial charge in [0.15, 0.2) is 0 Å². The first-order valence-electron chi connectivity index (χ1n) is 7.73. The Morgan fingerprint density at radius 2 is 2.00 bits per heavy atom. The molecule has 24 heavy (non-hydrogen) atoms. The van der Waals surface area contributed by atoms with Crippen LogP contribution in [0.3, 0.4) is 0 Å². The first-order valence-corrected chi connectivity index (χ1v) is 7.73. The number of aromatic hydroxyl groups is 1. The van der Waals surface area contributed by atoms with Crippen molar-refractivity contribution in [1.82, 2.24) is 19.7 Å². The number of benzene rings is 1. The summed E-state index contributed by atoms with van der Waals surface area (Å²) < 4.78 is 1.90. The van der Waals surface area contributed by atoms with Gasteiger partial charge in [0.1, 0.15) is 11.4 Å². The highest BCUT2D eigenvalue weighted by atomic mass is 16.4. The lowest BCUT2D eigenvalue weighted by Crippen LogP contribution is -2.27. The number of nitrogens with zero attached hydrogens (tertiary/aromatic N) is 4. The number of pyridine rings is 1. The topological polar surface area (TPSA) is 91.5 Å². The van der Waals surface area contributed by atoms with Crippen LogP contribution < -0.4 is 0 Å². The molecule has 1 aliphatic heterocycles. The first-order chi connectivity index (χ1) is 11.6. The predicted octanol–water partition coefficient (Wildman–Crippen LogP) is 2.73. The zero-order chi connectivity index (χ0) is 16.7. The van der Waals surface area contributed by atoms with Crippen molar-refractivity contribution >= 4 is 17.0 Å². The van der Waals surface area contributed by atoms with Gasteiger partial charge in [0, 0.05) is 36.4 Å². The molecular formula is C17H16N4O3. The minimum Gasteiger partial charge on any atom is -0.508 e. The maximum absolute atomic E-state index is 11.2. The van der Waals surface area contributed by atoms with Gasteiger partial charge in [-0.1, -0.05) is 0 Å². The lowest BCUT2D eigenvalue weighted by atomic mass is 10.1. The van der Waals surface area contributed by atoms with E-state index in [4.69, 9.17) is 10.2 Å². The van der Waals surface area contributed by atoms with Crippen LogP contribution in [0.1, 0.15) is 12.5 Å². The largest absolute Gasteiger partial charge is 0.508 e. The fourth-order valence-corrected chi connectivity index (χ4v) is 3.21. The zero-order valence-electron chi connectivity index (χ0n) is 12.8. The highest BCUT2D eigenvalue weighted by Crippen LogP contribution is 2.32. The van der Waals surface area contributed by atoms with E-state index in [1.807, 2.05) is 22.9 Å². The summed E-state index contributed by atoms with van der Waals surface area (Å²) in [6.07, 6.45) is 3.32. The van der Waals surface area contributed by atoms with Gasteiger partial charge in [-0.05, 0) is 36.8 Å². The molecule has 1 fully saturated rings. The van der Waals surface area contributed by atoms with Crippen LogP contribution in [0.2, 0.25) is 0 Å². The van der Waals surface area contributed by atoms with Gasteiger partial charge in [-0.15, -0.1) is 0 Å². The maximum atomic E-state index is 11.2. The van der Waals surface area contributed by atoms with Gasteiger partial charge in [-0.2, -0.15) is 5.10 Å². The second-order valence-electron chi connectivity index (χ2n) is 5.90. The van der Waals surface area contributed by atoms with Crippen molar-refractivity contribution < 1.29 is 15.0 Å². The highest BCUT2D eigenvalue weighted by Gasteiger charge is 2.29. The number of carboxylic acid groups (broad SMARTS) is 1. The van der Waals surface area contributed by atoms with Crippen molar-refractivity contribution in [2.75, 3.05) is 13.1 Å². The van der Waals surface area contributed by atoms with Crippen molar-refractivity contribution in [2.24, 2.45) is 0 Å². The Hall–Kier alpha value is -3.09. The quantitative estimate of drug-likeness (QED) is 0.756. The van der Waals surface area contributed by atoms with Crippen LogP contribution in [0.4, 0.5) is 4.79 Å². The summed E-state index contributed by atoms with van der Waals surface area (Å²) >= 11 is 0. The number of fused-ring (bicyclic) bond motifs is 1. The highest BCUT2D eigenvalue weighted by molar-refractivity contribution is 5.92. The predicted molar refractivity (Wildman–Crippen MR) is 87.9 cm³/mol. The van der Waals surface area contributed by atoms with E-state index in [9.17, 15) is 9.90 Å².